The van der Waals surface area contributed by atoms with Crippen LogP contribution in [0.1, 0.15) is 46.5 Å². The summed E-state index contributed by atoms with van der Waals surface area (Å²) in [4.78, 5) is 21.8. The maximum absolute atomic E-state index is 11.4. The highest BCUT2D eigenvalue weighted by Crippen LogP contribution is 2.08. The minimum Gasteiger partial charge on any atom is -0.481 e. The zero-order valence-corrected chi connectivity index (χ0v) is 12.4. The van der Waals surface area contributed by atoms with Gasteiger partial charge >= 0.3 is 5.97 Å². The largest absolute Gasteiger partial charge is 0.481 e. The van der Waals surface area contributed by atoms with Crippen molar-refractivity contribution < 1.29 is 14.7 Å². The molecule has 0 radical (unpaired) electrons. The van der Waals surface area contributed by atoms with Crippen molar-refractivity contribution in [3.63, 3.8) is 0 Å². The molecule has 5 nitrogen and oxygen atoms in total. The van der Waals surface area contributed by atoms with Crippen molar-refractivity contribution >= 4 is 11.9 Å². The lowest BCUT2D eigenvalue weighted by atomic mass is 10.0. The summed E-state index contributed by atoms with van der Waals surface area (Å²) in [5.74, 6) is 0.249. The van der Waals surface area contributed by atoms with Crippen LogP contribution in [0.2, 0.25) is 0 Å². The van der Waals surface area contributed by atoms with E-state index in [4.69, 9.17) is 5.11 Å². The van der Waals surface area contributed by atoms with Gasteiger partial charge in [-0.15, -0.1) is 0 Å². The van der Waals surface area contributed by atoms with Crippen LogP contribution in [0.5, 0.6) is 0 Å². The van der Waals surface area contributed by atoms with Crippen LogP contribution in [0.3, 0.4) is 0 Å². The van der Waals surface area contributed by atoms with Gasteiger partial charge in [0, 0.05) is 13.0 Å². The number of amides is 1. The standard InChI is InChI=1S/C14H28N2O3/c1-11(2)6-9-16-13(17)10-15-8-7-12(3)4-5-14(18)19/h11-12,15H,4-10H2,1-3H3,(H,16,17)(H,18,19). The first-order chi connectivity index (χ1) is 8.91. The van der Waals surface area contributed by atoms with Crippen molar-refractivity contribution in [3.05, 3.63) is 0 Å². The lowest BCUT2D eigenvalue weighted by Gasteiger charge is -2.11. The first-order valence-electron chi connectivity index (χ1n) is 7.11. The average Bonchev–Trinajstić information content (AvgIpc) is 2.31. The Morgan fingerprint density at radius 1 is 1.05 bits per heavy atom. The number of nitrogens with one attached hydrogen (secondary N) is 2. The first kappa shape index (κ1) is 17.9. The fourth-order valence-corrected chi connectivity index (χ4v) is 1.63. The Labute approximate surface area is 116 Å². The third-order valence-electron chi connectivity index (χ3n) is 2.99. The van der Waals surface area contributed by atoms with E-state index < -0.39 is 5.97 Å². The molecule has 0 heterocycles. The van der Waals surface area contributed by atoms with E-state index in [-0.39, 0.29) is 12.3 Å². The van der Waals surface area contributed by atoms with Gasteiger partial charge in [0.15, 0.2) is 0 Å². The number of carbonyl (C=O) groups excluding carboxylic acids is 1. The molecule has 0 bridgehead atoms. The minimum absolute atomic E-state index is 0.0267. The van der Waals surface area contributed by atoms with Gasteiger partial charge in [-0.1, -0.05) is 20.8 Å². The van der Waals surface area contributed by atoms with Gasteiger partial charge in [-0.3, -0.25) is 9.59 Å². The van der Waals surface area contributed by atoms with Gasteiger partial charge in [-0.2, -0.15) is 0 Å². The highest BCUT2D eigenvalue weighted by molar-refractivity contribution is 5.77. The maximum Gasteiger partial charge on any atom is 0.303 e. The third kappa shape index (κ3) is 13.1. The molecule has 0 aromatic carbocycles. The van der Waals surface area contributed by atoms with E-state index in [2.05, 4.69) is 24.5 Å². The van der Waals surface area contributed by atoms with Crippen molar-refractivity contribution in [2.24, 2.45) is 11.8 Å². The maximum atomic E-state index is 11.4. The molecular weight excluding hydrogens is 244 g/mol. The second-order valence-electron chi connectivity index (χ2n) is 5.54. The molecule has 1 amide bonds. The molecule has 0 aromatic rings. The Morgan fingerprint density at radius 2 is 1.74 bits per heavy atom. The summed E-state index contributed by atoms with van der Waals surface area (Å²) in [7, 11) is 0. The first-order valence-corrected chi connectivity index (χ1v) is 7.11. The van der Waals surface area contributed by atoms with Crippen molar-refractivity contribution in [1.82, 2.24) is 10.6 Å². The number of carboxylic acids is 1. The normalized spacial score (nSPS) is 12.4. The molecular formula is C14H28N2O3. The van der Waals surface area contributed by atoms with Gasteiger partial charge in [-0.05, 0) is 37.6 Å². The monoisotopic (exact) mass is 272 g/mol. The van der Waals surface area contributed by atoms with Crippen LogP contribution < -0.4 is 10.6 Å². The summed E-state index contributed by atoms with van der Waals surface area (Å²) in [5, 5.41) is 14.5. The Kier molecular flexibility index (Phi) is 10.2. The zero-order valence-electron chi connectivity index (χ0n) is 12.4. The van der Waals surface area contributed by atoms with Crippen LogP contribution in [0.4, 0.5) is 0 Å². The quantitative estimate of drug-likeness (QED) is 0.500. The van der Waals surface area contributed by atoms with Crippen LogP contribution in [0, 0.1) is 11.8 Å². The Balaban J connectivity index is 3.42. The molecule has 0 saturated carbocycles. The molecule has 0 aliphatic carbocycles. The summed E-state index contributed by atoms with van der Waals surface area (Å²) >= 11 is 0. The van der Waals surface area contributed by atoms with E-state index >= 15 is 0 Å². The number of carboxylic acid groups (broad SMARTS) is 1. The lowest BCUT2D eigenvalue weighted by Crippen LogP contribution is -2.35. The smallest absolute Gasteiger partial charge is 0.303 e. The fraction of sp³-hybridized carbons (Fsp3) is 0.857. The van der Waals surface area contributed by atoms with Crippen molar-refractivity contribution in [2.45, 2.75) is 46.5 Å². The summed E-state index contributed by atoms with van der Waals surface area (Å²) in [6.07, 6.45) is 2.80. The summed E-state index contributed by atoms with van der Waals surface area (Å²) in [6, 6.07) is 0. The van der Waals surface area contributed by atoms with Gasteiger partial charge in [0.1, 0.15) is 0 Å². The summed E-state index contributed by atoms with van der Waals surface area (Å²) in [5.41, 5.74) is 0. The third-order valence-corrected chi connectivity index (χ3v) is 2.99. The Morgan fingerprint density at radius 3 is 2.32 bits per heavy atom. The van der Waals surface area contributed by atoms with E-state index in [9.17, 15) is 9.59 Å². The predicted octanol–water partition coefficient (Wildman–Crippen LogP) is 1.63. The molecule has 3 N–H and O–H groups in total. The molecule has 0 aliphatic rings. The Bertz CT molecular complexity index is 267. The molecule has 0 rings (SSSR count). The van der Waals surface area contributed by atoms with E-state index in [0.717, 1.165) is 25.9 Å². The molecule has 0 fully saturated rings. The minimum atomic E-state index is -0.746. The molecule has 0 spiro atoms. The SMILES string of the molecule is CC(C)CCNC(=O)CNCCC(C)CCC(=O)O. The van der Waals surface area contributed by atoms with Crippen LogP contribution in [0.25, 0.3) is 0 Å². The van der Waals surface area contributed by atoms with E-state index in [1.54, 1.807) is 0 Å². The number of hydrogen-bond donors (Lipinski definition) is 3. The van der Waals surface area contributed by atoms with Gasteiger partial charge in [-0.25, -0.2) is 0 Å². The number of aliphatic carboxylic acids is 1. The zero-order chi connectivity index (χ0) is 14.7. The highest BCUT2D eigenvalue weighted by Gasteiger charge is 2.06. The summed E-state index contributed by atoms with van der Waals surface area (Å²) < 4.78 is 0. The van der Waals surface area contributed by atoms with Crippen LogP contribution in [-0.4, -0.2) is 36.6 Å². The van der Waals surface area contributed by atoms with Crippen LogP contribution in [0.15, 0.2) is 0 Å². The summed E-state index contributed by atoms with van der Waals surface area (Å²) in [6.45, 7) is 8.11. The Hall–Kier alpha value is -1.10. The molecule has 1 unspecified atom stereocenters. The van der Waals surface area contributed by atoms with Crippen molar-refractivity contribution in [3.8, 4) is 0 Å². The van der Waals surface area contributed by atoms with E-state index in [0.29, 0.717) is 24.8 Å². The van der Waals surface area contributed by atoms with Crippen LogP contribution >= 0.6 is 0 Å². The molecule has 1 atom stereocenters. The molecule has 0 aromatic heterocycles. The van der Waals surface area contributed by atoms with Gasteiger partial charge in [0.25, 0.3) is 0 Å². The topological polar surface area (TPSA) is 78.4 Å². The number of rotatable bonds is 11. The van der Waals surface area contributed by atoms with Crippen LogP contribution in [-0.2, 0) is 9.59 Å². The number of hydrogen-bond acceptors (Lipinski definition) is 3. The number of carbonyl (C=O) groups is 2. The molecule has 112 valence electrons. The highest BCUT2D eigenvalue weighted by atomic mass is 16.4. The van der Waals surface area contributed by atoms with E-state index in [1.165, 1.54) is 0 Å². The van der Waals surface area contributed by atoms with Crippen molar-refractivity contribution in [1.29, 1.82) is 0 Å². The lowest BCUT2D eigenvalue weighted by molar-refractivity contribution is -0.137. The molecule has 19 heavy (non-hydrogen) atoms. The predicted molar refractivity (Wildman–Crippen MR) is 76.0 cm³/mol. The van der Waals surface area contributed by atoms with Crippen molar-refractivity contribution in [2.75, 3.05) is 19.6 Å². The second kappa shape index (κ2) is 10.8. The fourth-order valence-electron chi connectivity index (χ4n) is 1.63. The van der Waals surface area contributed by atoms with Gasteiger partial charge in [0.2, 0.25) is 5.91 Å². The molecule has 5 heteroatoms. The molecule has 0 saturated heterocycles. The van der Waals surface area contributed by atoms with Gasteiger partial charge < -0.3 is 15.7 Å². The average molecular weight is 272 g/mol. The van der Waals surface area contributed by atoms with Gasteiger partial charge in [0.05, 0.1) is 6.54 Å². The second-order valence-corrected chi connectivity index (χ2v) is 5.54. The van der Waals surface area contributed by atoms with E-state index in [1.807, 2.05) is 6.92 Å². The molecule has 0 aliphatic heterocycles.